The van der Waals surface area contributed by atoms with Gasteiger partial charge in [0, 0.05) is 36.9 Å². The topological polar surface area (TPSA) is 58.4 Å². The van der Waals surface area contributed by atoms with Crippen LogP contribution in [0.25, 0.3) is 0 Å². The molecule has 0 aromatic heterocycles. The van der Waals surface area contributed by atoms with Crippen molar-refractivity contribution in [1.82, 2.24) is 0 Å². The molecule has 1 heterocycles. The monoisotopic (exact) mass is 289 g/mol. The average Bonchev–Trinajstić information content (AvgIpc) is 2.94. The third kappa shape index (κ3) is 4.21. The highest BCUT2D eigenvalue weighted by Gasteiger charge is 2.15. The van der Waals surface area contributed by atoms with E-state index in [1.807, 2.05) is 26.8 Å². The van der Waals surface area contributed by atoms with Gasteiger partial charge in [-0.05, 0) is 49.4 Å². The van der Waals surface area contributed by atoms with Gasteiger partial charge in [0.1, 0.15) is 0 Å². The lowest BCUT2D eigenvalue weighted by Gasteiger charge is -2.20. The number of benzene rings is 1. The van der Waals surface area contributed by atoms with Crippen LogP contribution in [0.15, 0.2) is 18.2 Å². The Labute approximate surface area is 127 Å². The molecule has 3 N–H and O–H groups in total. The Bertz CT molecular complexity index is 493. The lowest BCUT2D eigenvalue weighted by atomic mass is 10.0. The number of rotatable bonds is 5. The third-order valence-corrected chi connectivity index (χ3v) is 4.23. The fourth-order valence-corrected chi connectivity index (χ4v) is 2.61. The van der Waals surface area contributed by atoms with Gasteiger partial charge in [0.25, 0.3) is 0 Å². The maximum Gasteiger partial charge on any atom is 0.225 e. The number of carbonyl (C=O) groups excluding carboxylic acids is 1. The summed E-state index contributed by atoms with van der Waals surface area (Å²) in [7, 11) is 0. The van der Waals surface area contributed by atoms with Crippen LogP contribution in [0, 0.1) is 12.8 Å². The minimum absolute atomic E-state index is 0.00628. The second-order valence-corrected chi connectivity index (χ2v) is 6.35. The van der Waals surface area contributed by atoms with E-state index in [-0.39, 0.29) is 11.9 Å². The van der Waals surface area contributed by atoms with Crippen LogP contribution in [0.4, 0.5) is 11.4 Å². The fourth-order valence-electron chi connectivity index (χ4n) is 2.61. The summed E-state index contributed by atoms with van der Waals surface area (Å²) < 4.78 is 0. The van der Waals surface area contributed by atoms with E-state index in [2.05, 4.69) is 22.3 Å². The number of nitrogens with zero attached hydrogens (tertiary/aromatic N) is 1. The first kappa shape index (κ1) is 15.8. The second kappa shape index (κ2) is 6.94. The molecule has 0 saturated carbocycles. The van der Waals surface area contributed by atoms with Crippen LogP contribution in [0.3, 0.4) is 0 Å². The van der Waals surface area contributed by atoms with Crippen molar-refractivity contribution >= 4 is 17.3 Å². The van der Waals surface area contributed by atoms with Crippen molar-refractivity contribution in [3.63, 3.8) is 0 Å². The van der Waals surface area contributed by atoms with E-state index in [0.29, 0.717) is 12.3 Å². The molecule has 1 aliphatic heterocycles. The van der Waals surface area contributed by atoms with Gasteiger partial charge in [-0.3, -0.25) is 4.79 Å². The summed E-state index contributed by atoms with van der Waals surface area (Å²) in [5, 5.41) is 2.98. The zero-order valence-corrected chi connectivity index (χ0v) is 13.4. The van der Waals surface area contributed by atoms with Gasteiger partial charge in [0.15, 0.2) is 0 Å². The van der Waals surface area contributed by atoms with Crippen LogP contribution in [0.1, 0.15) is 38.7 Å². The van der Waals surface area contributed by atoms with Crippen molar-refractivity contribution in [2.45, 2.75) is 46.1 Å². The smallest absolute Gasteiger partial charge is 0.225 e. The maximum absolute atomic E-state index is 12.0. The molecule has 1 aliphatic rings. The van der Waals surface area contributed by atoms with Gasteiger partial charge < -0.3 is 16.0 Å². The van der Waals surface area contributed by atoms with Crippen LogP contribution < -0.4 is 16.0 Å². The molecule has 4 nitrogen and oxygen atoms in total. The first-order valence-electron chi connectivity index (χ1n) is 7.88. The summed E-state index contributed by atoms with van der Waals surface area (Å²) in [6, 6.07) is 6.16. The van der Waals surface area contributed by atoms with Crippen molar-refractivity contribution in [3.8, 4) is 0 Å². The molecule has 0 spiro atoms. The number of nitrogens with two attached hydrogens (primary N) is 1. The van der Waals surface area contributed by atoms with Gasteiger partial charge in [0.2, 0.25) is 5.91 Å². The highest BCUT2D eigenvalue weighted by Crippen LogP contribution is 2.25. The highest BCUT2D eigenvalue weighted by atomic mass is 16.1. The normalized spacial score (nSPS) is 16.3. The first-order valence-corrected chi connectivity index (χ1v) is 7.88. The van der Waals surface area contributed by atoms with Crippen molar-refractivity contribution < 1.29 is 4.79 Å². The molecular weight excluding hydrogens is 262 g/mol. The molecule has 1 aromatic carbocycles. The summed E-state index contributed by atoms with van der Waals surface area (Å²) >= 11 is 0. The molecular formula is C17H27N3O. The predicted molar refractivity (Wildman–Crippen MR) is 88.7 cm³/mol. The number of amides is 1. The van der Waals surface area contributed by atoms with Crippen LogP contribution in [0.2, 0.25) is 0 Å². The summed E-state index contributed by atoms with van der Waals surface area (Å²) in [4.78, 5) is 14.4. The molecule has 1 aromatic rings. The minimum atomic E-state index is -0.0887. The molecule has 1 saturated heterocycles. The van der Waals surface area contributed by atoms with E-state index in [1.54, 1.807) is 0 Å². The van der Waals surface area contributed by atoms with E-state index in [9.17, 15) is 4.79 Å². The summed E-state index contributed by atoms with van der Waals surface area (Å²) in [6.07, 6.45) is 2.90. The number of carbonyl (C=O) groups is 1. The number of hydrogen-bond donors (Lipinski definition) is 2. The quantitative estimate of drug-likeness (QED) is 0.876. The molecule has 1 fully saturated rings. The second-order valence-electron chi connectivity index (χ2n) is 6.35. The van der Waals surface area contributed by atoms with E-state index in [4.69, 9.17) is 5.73 Å². The highest BCUT2D eigenvalue weighted by molar-refractivity contribution is 5.92. The summed E-state index contributed by atoms with van der Waals surface area (Å²) in [6.45, 7) is 8.38. The Kier molecular flexibility index (Phi) is 5.23. The Morgan fingerprint density at radius 2 is 2.00 bits per heavy atom. The minimum Gasteiger partial charge on any atom is -0.372 e. The standard InChI is InChI=1S/C17H27N3O/c1-12(2)15(18)11-17(21)19-16-7-6-14(10-13(16)3)20-8-4-5-9-20/h6-7,10,12,15H,4-5,8-9,11,18H2,1-3H3,(H,19,21). The fraction of sp³-hybridized carbons (Fsp3) is 0.588. The van der Waals surface area contributed by atoms with Crippen LogP contribution in [-0.2, 0) is 4.79 Å². The zero-order chi connectivity index (χ0) is 15.4. The van der Waals surface area contributed by atoms with Crippen LogP contribution in [0.5, 0.6) is 0 Å². The van der Waals surface area contributed by atoms with Crippen LogP contribution >= 0.6 is 0 Å². The van der Waals surface area contributed by atoms with E-state index in [0.717, 1.165) is 24.3 Å². The number of nitrogens with one attached hydrogen (secondary N) is 1. The van der Waals surface area contributed by atoms with Gasteiger partial charge in [-0.1, -0.05) is 13.8 Å². The number of aryl methyl sites for hydroxylation is 1. The van der Waals surface area contributed by atoms with Crippen molar-refractivity contribution in [1.29, 1.82) is 0 Å². The Morgan fingerprint density at radius 1 is 1.33 bits per heavy atom. The first-order chi connectivity index (χ1) is 9.97. The van der Waals surface area contributed by atoms with Crippen molar-refractivity contribution in [2.75, 3.05) is 23.3 Å². The lowest BCUT2D eigenvalue weighted by molar-refractivity contribution is -0.116. The molecule has 4 heteroatoms. The maximum atomic E-state index is 12.0. The zero-order valence-electron chi connectivity index (χ0n) is 13.4. The molecule has 1 atom stereocenters. The number of anilines is 2. The molecule has 0 aliphatic carbocycles. The van der Waals surface area contributed by atoms with Gasteiger partial charge in [0.05, 0.1) is 0 Å². The van der Waals surface area contributed by atoms with Gasteiger partial charge >= 0.3 is 0 Å². The van der Waals surface area contributed by atoms with Gasteiger partial charge in [-0.15, -0.1) is 0 Å². The Morgan fingerprint density at radius 3 is 2.57 bits per heavy atom. The Balaban J connectivity index is 1.99. The van der Waals surface area contributed by atoms with Crippen LogP contribution in [-0.4, -0.2) is 25.0 Å². The summed E-state index contributed by atoms with van der Waals surface area (Å²) in [5.74, 6) is 0.308. The molecule has 0 bridgehead atoms. The molecule has 1 amide bonds. The third-order valence-electron chi connectivity index (χ3n) is 4.23. The van der Waals surface area contributed by atoms with Gasteiger partial charge in [-0.25, -0.2) is 0 Å². The number of hydrogen-bond acceptors (Lipinski definition) is 3. The molecule has 1 unspecified atom stereocenters. The van der Waals surface area contributed by atoms with Crippen molar-refractivity contribution in [2.24, 2.45) is 11.7 Å². The van der Waals surface area contributed by atoms with E-state index >= 15 is 0 Å². The average molecular weight is 289 g/mol. The van der Waals surface area contributed by atoms with Gasteiger partial charge in [-0.2, -0.15) is 0 Å². The van der Waals surface area contributed by atoms with Crippen molar-refractivity contribution in [3.05, 3.63) is 23.8 Å². The van der Waals surface area contributed by atoms with E-state index in [1.165, 1.54) is 18.5 Å². The molecule has 0 radical (unpaired) electrons. The van der Waals surface area contributed by atoms with E-state index < -0.39 is 0 Å². The molecule has 116 valence electrons. The summed E-state index contributed by atoms with van der Waals surface area (Å²) in [5.41, 5.74) is 9.19. The SMILES string of the molecule is Cc1cc(N2CCCC2)ccc1NC(=O)CC(N)C(C)C. The molecule has 2 rings (SSSR count). The molecule has 21 heavy (non-hydrogen) atoms. The Hall–Kier alpha value is -1.55. The largest absolute Gasteiger partial charge is 0.372 e. The predicted octanol–water partition coefficient (Wildman–Crippen LogP) is 2.91. The lowest BCUT2D eigenvalue weighted by Crippen LogP contribution is -2.31.